The Balaban J connectivity index is 1.51. The molecule has 2 saturated carbocycles. The molecule has 5 heteroatoms. The number of alkyl carbamates (subject to hydrolysis) is 1. The van der Waals surface area contributed by atoms with Crippen molar-refractivity contribution < 1.29 is 19.4 Å². The lowest BCUT2D eigenvalue weighted by Gasteiger charge is -2.52. The third-order valence-electron chi connectivity index (χ3n) is 5.19. The Morgan fingerprint density at radius 2 is 1.87 bits per heavy atom. The molecule has 2 aliphatic carbocycles. The highest BCUT2D eigenvalue weighted by atomic mass is 16.5. The second-order valence-electron chi connectivity index (χ2n) is 6.90. The van der Waals surface area contributed by atoms with Crippen LogP contribution in [0, 0.1) is 11.8 Å². The molecule has 0 aliphatic heterocycles. The average Bonchev–Trinajstić information content (AvgIpc) is 2.42. The first-order chi connectivity index (χ1) is 11.1. The lowest BCUT2D eigenvalue weighted by Crippen LogP contribution is -2.60. The summed E-state index contributed by atoms with van der Waals surface area (Å²) < 4.78 is 5.23. The molecule has 0 aromatic heterocycles. The zero-order chi connectivity index (χ0) is 16.3. The maximum atomic E-state index is 12.0. The minimum Gasteiger partial charge on any atom is -0.481 e. The zero-order valence-electron chi connectivity index (χ0n) is 13.2. The minimum absolute atomic E-state index is 0.0311. The van der Waals surface area contributed by atoms with E-state index in [4.69, 9.17) is 9.84 Å². The summed E-state index contributed by atoms with van der Waals surface area (Å²) in [5.41, 5.74) is 0.288. The Labute approximate surface area is 136 Å². The van der Waals surface area contributed by atoms with Crippen molar-refractivity contribution in [1.82, 2.24) is 5.32 Å². The van der Waals surface area contributed by atoms with Crippen LogP contribution in [0.1, 0.15) is 44.1 Å². The molecule has 2 fully saturated rings. The fraction of sp³-hybridized carbons (Fsp3) is 0.556. The summed E-state index contributed by atoms with van der Waals surface area (Å²) in [6.45, 7) is 0.196. The van der Waals surface area contributed by atoms with E-state index in [1.165, 1.54) is 19.3 Å². The molecule has 1 amide bonds. The second-order valence-corrected chi connectivity index (χ2v) is 6.90. The number of carbonyl (C=O) groups is 2. The van der Waals surface area contributed by atoms with E-state index in [1.807, 2.05) is 30.3 Å². The fourth-order valence-corrected chi connectivity index (χ4v) is 3.74. The van der Waals surface area contributed by atoms with E-state index in [9.17, 15) is 9.59 Å². The summed E-state index contributed by atoms with van der Waals surface area (Å²) in [7, 11) is 0. The van der Waals surface area contributed by atoms with Gasteiger partial charge in [-0.1, -0.05) is 49.6 Å². The monoisotopic (exact) mass is 317 g/mol. The van der Waals surface area contributed by atoms with E-state index in [1.54, 1.807) is 0 Å². The highest BCUT2D eigenvalue weighted by Gasteiger charge is 2.50. The van der Waals surface area contributed by atoms with E-state index < -0.39 is 17.6 Å². The van der Waals surface area contributed by atoms with Gasteiger partial charge in [0, 0.05) is 0 Å². The van der Waals surface area contributed by atoms with Crippen LogP contribution in [-0.4, -0.2) is 22.7 Å². The van der Waals surface area contributed by atoms with Gasteiger partial charge in [0.05, 0.1) is 12.0 Å². The number of rotatable bonds is 6. The zero-order valence-corrected chi connectivity index (χ0v) is 13.2. The molecular formula is C18H23NO4. The third kappa shape index (κ3) is 3.84. The van der Waals surface area contributed by atoms with Gasteiger partial charge in [-0.25, -0.2) is 4.79 Å². The number of carboxylic acid groups (broad SMARTS) is 1. The van der Waals surface area contributed by atoms with Gasteiger partial charge in [-0.05, 0) is 30.2 Å². The summed E-state index contributed by atoms with van der Waals surface area (Å²) in [6, 6.07) is 9.45. The third-order valence-corrected chi connectivity index (χ3v) is 5.19. The highest BCUT2D eigenvalue weighted by Crippen LogP contribution is 2.50. The van der Waals surface area contributed by atoms with E-state index in [0.717, 1.165) is 24.3 Å². The summed E-state index contributed by atoms with van der Waals surface area (Å²) in [4.78, 5) is 23.2. The summed E-state index contributed by atoms with van der Waals surface area (Å²) in [6.07, 6.45) is 4.71. The molecule has 2 aliphatic rings. The first kappa shape index (κ1) is 15.8. The van der Waals surface area contributed by atoms with Crippen molar-refractivity contribution in [2.24, 2.45) is 11.8 Å². The van der Waals surface area contributed by atoms with E-state index >= 15 is 0 Å². The van der Waals surface area contributed by atoms with Crippen molar-refractivity contribution in [1.29, 1.82) is 0 Å². The van der Waals surface area contributed by atoms with Crippen LogP contribution >= 0.6 is 0 Å². The molecule has 0 saturated heterocycles. The number of aliphatic carboxylic acids is 1. The summed E-state index contributed by atoms with van der Waals surface area (Å²) in [5.74, 6) is 0.400. The first-order valence-electron chi connectivity index (χ1n) is 8.27. The summed E-state index contributed by atoms with van der Waals surface area (Å²) >= 11 is 0. The van der Waals surface area contributed by atoms with Gasteiger partial charge in [0.2, 0.25) is 0 Å². The molecule has 1 aromatic rings. The Morgan fingerprint density at radius 1 is 1.17 bits per heavy atom. The van der Waals surface area contributed by atoms with Crippen LogP contribution < -0.4 is 5.32 Å². The fourth-order valence-electron chi connectivity index (χ4n) is 3.74. The average molecular weight is 317 g/mol. The maximum absolute atomic E-state index is 12.0. The smallest absolute Gasteiger partial charge is 0.407 e. The van der Waals surface area contributed by atoms with Crippen molar-refractivity contribution in [2.45, 2.75) is 50.7 Å². The number of hydrogen-bond acceptors (Lipinski definition) is 3. The van der Waals surface area contributed by atoms with Crippen LogP contribution in [0.15, 0.2) is 30.3 Å². The number of nitrogens with one attached hydrogen (secondary N) is 1. The standard InChI is InChI=1S/C18H23NO4/c20-16(21)11-18(9-15(10-18)14-7-4-8-14)19-17(22)23-12-13-5-2-1-3-6-13/h1-3,5-6,14-15H,4,7-12H2,(H,19,22)(H,20,21). The SMILES string of the molecule is O=C(O)CC1(NC(=O)OCc2ccccc2)CC(C2CCC2)C1. The van der Waals surface area contributed by atoms with Crippen molar-refractivity contribution in [3.05, 3.63) is 35.9 Å². The van der Waals surface area contributed by atoms with E-state index in [-0.39, 0.29) is 13.0 Å². The first-order valence-corrected chi connectivity index (χ1v) is 8.27. The van der Waals surface area contributed by atoms with Gasteiger partial charge in [-0.3, -0.25) is 4.79 Å². The Morgan fingerprint density at radius 3 is 2.43 bits per heavy atom. The quantitative estimate of drug-likeness (QED) is 0.844. The minimum atomic E-state index is -0.875. The molecule has 0 atom stereocenters. The van der Waals surface area contributed by atoms with Gasteiger partial charge in [-0.2, -0.15) is 0 Å². The number of ether oxygens (including phenoxy) is 1. The second kappa shape index (κ2) is 6.60. The van der Waals surface area contributed by atoms with E-state index in [2.05, 4.69) is 5.32 Å². The molecule has 5 nitrogen and oxygen atoms in total. The van der Waals surface area contributed by atoms with Crippen LogP contribution in [0.3, 0.4) is 0 Å². The molecule has 0 spiro atoms. The Kier molecular flexibility index (Phi) is 4.55. The van der Waals surface area contributed by atoms with Gasteiger partial charge in [0.15, 0.2) is 0 Å². The van der Waals surface area contributed by atoms with Crippen molar-refractivity contribution in [3.8, 4) is 0 Å². The lowest BCUT2D eigenvalue weighted by molar-refractivity contribution is -0.140. The normalized spacial score (nSPS) is 26.7. The van der Waals surface area contributed by atoms with Crippen LogP contribution in [0.25, 0.3) is 0 Å². The van der Waals surface area contributed by atoms with Crippen LogP contribution in [0.2, 0.25) is 0 Å². The maximum Gasteiger partial charge on any atom is 0.407 e. The number of hydrogen-bond donors (Lipinski definition) is 2. The molecule has 124 valence electrons. The van der Waals surface area contributed by atoms with Gasteiger partial charge < -0.3 is 15.2 Å². The number of amides is 1. The molecule has 0 bridgehead atoms. The number of carboxylic acids is 1. The molecule has 2 N–H and O–H groups in total. The van der Waals surface area contributed by atoms with Gasteiger partial charge in [0.1, 0.15) is 6.61 Å². The van der Waals surface area contributed by atoms with Crippen LogP contribution in [0.4, 0.5) is 4.79 Å². The predicted molar refractivity (Wildman–Crippen MR) is 84.8 cm³/mol. The largest absolute Gasteiger partial charge is 0.481 e. The van der Waals surface area contributed by atoms with Crippen molar-refractivity contribution in [3.63, 3.8) is 0 Å². The molecule has 0 heterocycles. The molecule has 0 radical (unpaired) electrons. The molecule has 23 heavy (non-hydrogen) atoms. The van der Waals surface area contributed by atoms with Gasteiger partial charge in [0.25, 0.3) is 0 Å². The van der Waals surface area contributed by atoms with Crippen LogP contribution in [0.5, 0.6) is 0 Å². The highest BCUT2D eigenvalue weighted by molar-refractivity contribution is 5.73. The molecule has 0 unspecified atom stereocenters. The van der Waals surface area contributed by atoms with Gasteiger partial charge >= 0.3 is 12.1 Å². The Bertz CT molecular complexity index is 562. The summed E-state index contributed by atoms with van der Waals surface area (Å²) in [5, 5.41) is 12.0. The van der Waals surface area contributed by atoms with Crippen LogP contribution in [-0.2, 0) is 16.1 Å². The van der Waals surface area contributed by atoms with Crippen molar-refractivity contribution in [2.75, 3.05) is 0 Å². The number of benzene rings is 1. The molecule has 3 rings (SSSR count). The topological polar surface area (TPSA) is 75.6 Å². The molecule has 1 aromatic carbocycles. The van der Waals surface area contributed by atoms with E-state index in [0.29, 0.717) is 5.92 Å². The molecular weight excluding hydrogens is 294 g/mol. The number of carbonyl (C=O) groups excluding carboxylic acids is 1. The lowest BCUT2D eigenvalue weighted by atomic mass is 9.58. The van der Waals surface area contributed by atoms with Crippen molar-refractivity contribution >= 4 is 12.1 Å². The predicted octanol–water partition coefficient (Wildman–Crippen LogP) is 3.34. The van der Waals surface area contributed by atoms with Gasteiger partial charge in [-0.15, -0.1) is 0 Å². The Hall–Kier alpha value is -2.04.